The molecule has 9 heteroatoms. The van der Waals surface area contributed by atoms with Crippen molar-refractivity contribution in [3.05, 3.63) is 62.7 Å². The van der Waals surface area contributed by atoms with E-state index in [1.54, 1.807) is 24.3 Å². The zero-order valence-corrected chi connectivity index (χ0v) is 13.1. The zero-order chi connectivity index (χ0) is 17.7. The Bertz CT molecular complexity index is 806. The predicted octanol–water partition coefficient (Wildman–Crippen LogP) is 2.73. The molecule has 0 unspecified atom stereocenters. The van der Waals surface area contributed by atoms with E-state index in [1.165, 1.54) is 13.2 Å². The molecule has 2 N–H and O–H groups in total. The Kier molecular flexibility index (Phi) is 5.33. The van der Waals surface area contributed by atoms with E-state index in [2.05, 4.69) is 10.5 Å². The molecule has 0 atom stereocenters. The number of carbonyl (C=O) groups excluding carboxylic acids is 1. The number of aromatic hydroxyl groups is 1. The van der Waals surface area contributed by atoms with E-state index in [4.69, 9.17) is 16.3 Å². The number of amides is 1. The largest absolute Gasteiger partial charge is 0.502 e. The van der Waals surface area contributed by atoms with E-state index >= 15 is 0 Å². The maximum Gasteiger partial charge on any atom is 0.312 e. The van der Waals surface area contributed by atoms with Gasteiger partial charge in [-0.2, -0.15) is 5.10 Å². The van der Waals surface area contributed by atoms with Gasteiger partial charge in [-0.25, -0.2) is 5.43 Å². The van der Waals surface area contributed by atoms with Gasteiger partial charge in [0.05, 0.1) is 18.2 Å². The molecule has 0 radical (unpaired) electrons. The molecule has 0 aliphatic heterocycles. The number of nitro benzene ring substituents is 1. The lowest BCUT2D eigenvalue weighted by Crippen LogP contribution is -2.17. The normalized spacial score (nSPS) is 10.6. The summed E-state index contributed by atoms with van der Waals surface area (Å²) in [6.07, 6.45) is 1.07. The van der Waals surface area contributed by atoms with Gasteiger partial charge in [-0.05, 0) is 30.3 Å². The number of benzene rings is 2. The van der Waals surface area contributed by atoms with Crippen LogP contribution >= 0.6 is 11.6 Å². The van der Waals surface area contributed by atoms with Crippen LogP contribution < -0.4 is 10.2 Å². The first kappa shape index (κ1) is 17.2. The summed E-state index contributed by atoms with van der Waals surface area (Å²) in [6, 6.07) is 8.63. The number of hydrazone groups is 1. The van der Waals surface area contributed by atoms with Gasteiger partial charge in [-0.1, -0.05) is 11.6 Å². The van der Waals surface area contributed by atoms with Crippen molar-refractivity contribution in [2.75, 3.05) is 7.11 Å². The Morgan fingerprint density at radius 3 is 2.62 bits per heavy atom. The maximum absolute atomic E-state index is 11.9. The molecule has 0 aliphatic rings. The highest BCUT2D eigenvalue weighted by molar-refractivity contribution is 6.31. The van der Waals surface area contributed by atoms with Crippen molar-refractivity contribution < 1.29 is 19.6 Å². The Balaban J connectivity index is 2.13. The third-order valence-electron chi connectivity index (χ3n) is 3.00. The fourth-order valence-corrected chi connectivity index (χ4v) is 2.03. The van der Waals surface area contributed by atoms with Gasteiger partial charge < -0.3 is 9.84 Å². The molecule has 2 aromatic rings. The molecule has 2 rings (SSSR count). The number of hydrogen-bond acceptors (Lipinski definition) is 6. The third kappa shape index (κ3) is 3.99. The summed E-state index contributed by atoms with van der Waals surface area (Å²) in [5.74, 6) is -0.483. The molecule has 0 aromatic heterocycles. The van der Waals surface area contributed by atoms with Gasteiger partial charge in [-0.3, -0.25) is 14.9 Å². The predicted molar refractivity (Wildman–Crippen MR) is 87.8 cm³/mol. The molecule has 0 aliphatic carbocycles. The second-order valence-corrected chi connectivity index (χ2v) is 4.98. The van der Waals surface area contributed by atoms with Crippen LogP contribution in [-0.2, 0) is 0 Å². The molecule has 8 nitrogen and oxygen atoms in total. The van der Waals surface area contributed by atoms with Crippen LogP contribution in [0.5, 0.6) is 11.5 Å². The zero-order valence-electron chi connectivity index (χ0n) is 12.4. The van der Waals surface area contributed by atoms with Crippen molar-refractivity contribution in [1.82, 2.24) is 5.43 Å². The second-order valence-electron chi connectivity index (χ2n) is 4.55. The lowest BCUT2D eigenvalue weighted by atomic mass is 10.2. The van der Waals surface area contributed by atoms with Gasteiger partial charge in [0, 0.05) is 22.2 Å². The molecule has 0 saturated carbocycles. The number of phenolic OH excluding ortho intramolecular Hbond substituents is 1. The van der Waals surface area contributed by atoms with Crippen LogP contribution in [0.25, 0.3) is 0 Å². The van der Waals surface area contributed by atoms with Crippen molar-refractivity contribution in [2.24, 2.45) is 5.10 Å². The first-order valence-electron chi connectivity index (χ1n) is 6.56. The Morgan fingerprint density at radius 1 is 1.38 bits per heavy atom. The molecule has 0 fully saturated rings. The maximum atomic E-state index is 11.9. The van der Waals surface area contributed by atoms with Crippen LogP contribution in [0.3, 0.4) is 0 Å². The van der Waals surface area contributed by atoms with Gasteiger partial charge >= 0.3 is 5.69 Å². The van der Waals surface area contributed by atoms with E-state index in [0.717, 1.165) is 12.3 Å². The standard InChI is InChI=1S/C15H12ClN3O5/c1-24-12-4-2-9(3-5-12)15(21)18-17-8-10-6-11(16)7-13(14(10)20)19(22)23/h2-8,20H,1H3,(H,18,21)/b17-8+. The third-order valence-corrected chi connectivity index (χ3v) is 3.22. The van der Waals surface area contributed by atoms with Gasteiger partial charge in [0.25, 0.3) is 5.91 Å². The monoisotopic (exact) mass is 349 g/mol. The number of hydrogen-bond donors (Lipinski definition) is 2. The molecule has 24 heavy (non-hydrogen) atoms. The van der Waals surface area contributed by atoms with E-state index in [-0.39, 0.29) is 10.6 Å². The van der Waals surface area contributed by atoms with Crippen LogP contribution in [0, 0.1) is 10.1 Å². The van der Waals surface area contributed by atoms with Crippen LogP contribution in [0.1, 0.15) is 15.9 Å². The average Bonchev–Trinajstić information content (AvgIpc) is 2.57. The molecule has 0 heterocycles. The summed E-state index contributed by atoms with van der Waals surface area (Å²) < 4.78 is 4.99. The van der Waals surface area contributed by atoms with Crippen LogP contribution in [0.15, 0.2) is 41.5 Å². The fraction of sp³-hybridized carbons (Fsp3) is 0.0667. The lowest BCUT2D eigenvalue weighted by Gasteiger charge is -2.03. The first-order chi connectivity index (χ1) is 11.4. The quantitative estimate of drug-likeness (QED) is 0.489. The van der Waals surface area contributed by atoms with E-state index < -0.39 is 22.3 Å². The second kappa shape index (κ2) is 7.42. The van der Waals surface area contributed by atoms with Gasteiger partial charge in [0.15, 0.2) is 0 Å². The Labute approximate surface area is 141 Å². The van der Waals surface area contributed by atoms with Gasteiger partial charge in [0.2, 0.25) is 5.75 Å². The Hall–Kier alpha value is -3.13. The van der Waals surface area contributed by atoms with Crippen molar-refractivity contribution in [1.29, 1.82) is 0 Å². The topological polar surface area (TPSA) is 114 Å². The van der Waals surface area contributed by atoms with Crippen LogP contribution in [0.2, 0.25) is 5.02 Å². The van der Waals surface area contributed by atoms with Gasteiger partial charge in [0.1, 0.15) is 5.75 Å². The number of ether oxygens (including phenoxy) is 1. The summed E-state index contributed by atoms with van der Waals surface area (Å²) in [6.45, 7) is 0. The number of rotatable bonds is 5. The number of carbonyl (C=O) groups is 1. The number of methoxy groups -OCH3 is 1. The number of phenols is 1. The molecular formula is C15H12ClN3O5. The summed E-state index contributed by atoms with van der Waals surface area (Å²) in [7, 11) is 1.51. The van der Waals surface area contributed by atoms with Crippen LogP contribution in [0.4, 0.5) is 5.69 Å². The van der Waals surface area contributed by atoms with Crippen molar-refractivity contribution >= 4 is 29.4 Å². The number of nitro groups is 1. The summed E-state index contributed by atoms with van der Waals surface area (Å²) >= 11 is 5.76. The summed E-state index contributed by atoms with van der Waals surface area (Å²) in [4.78, 5) is 21.9. The minimum absolute atomic E-state index is 0.00392. The van der Waals surface area contributed by atoms with E-state index in [0.29, 0.717) is 11.3 Å². The van der Waals surface area contributed by atoms with Crippen molar-refractivity contribution in [3.8, 4) is 11.5 Å². The minimum Gasteiger partial charge on any atom is -0.502 e. The van der Waals surface area contributed by atoms with Crippen molar-refractivity contribution in [3.63, 3.8) is 0 Å². The van der Waals surface area contributed by atoms with Crippen LogP contribution in [-0.4, -0.2) is 29.3 Å². The van der Waals surface area contributed by atoms with Crippen molar-refractivity contribution in [2.45, 2.75) is 0 Å². The highest BCUT2D eigenvalue weighted by Gasteiger charge is 2.17. The number of nitrogens with zero attached hydrogens (tertiary/aromatic N) is 2. The molecule has 2 aromatic carbocycles. The van der Waals surface area contributed by atoms with Gasteiger partial charge in [-0.15, -0.1) is 0 Å². The van der Waals surface area contributed by atoms with E-state index in [9.17, 15) is 20.0 Å². The molecule has 124 valence electrons. The molecule has 0 bridgehead atoms. The SMILES string of the molecule is COc1ccc(C(=O)N/N=C/c2cc(Cl)cc([N+](=O)[O-])c2O)cc1. The first-order valence-corrected chi connectivity index (χ1v) is 6.94. The molecule has 1 amide bonds. The molecule has 0 saturated heterocycles. The fourth-order valence-electron chi connectivity index (χ4n) is 1.81. The minimum atomic E-state index is -0.769. The highest BCUT2D eigenvalue weighted by atomic mass is 35.5. The lowest BCUT2D eigenvalue weighted by molar-refractivity contribution is -0.385. The summed E-state index contributed by atoms with van der Waals surface area (Å²) in [5, 5.41) is 24.3. The number of halogens is 1. The Morgan fingerprint density at radius 2 is 2.04 bits per heavy atom. The molecular weight excluding hydrogens is 338 g/mol. The highest BCUT2D eigenvalue weighted by Crippen LogP contribution is 2.32. The average molecular weight is 350 g/mol. The summed E-state index contributed by atoms with van der Waals surface area (Å²) in [5.41, 5.74) is 2.04. The number of nitrogens with one attached hydrogen (secondary N) is 1. The molecule has 0 spiro atoms. The van der Waals surface area contributed by atoms with E-state index in [1.807, 2.05) is 0 Å². The smallest absolute Gasteiger partial charge is 0.312 e.